The highest BCUT2D eigenvalue weighted by Crippen LogP contribution is 2.29. The molecule has 0 fully saturated rings. The second-order valence-electron chi connectivity index (χ2n) is 5.12. The molecule has 3 aromatic rings. The molecule has 0 amide bonds. The topological polar surface area (TPSA) is 90.9 Å². The second kappa shape index (κ2) is 7.28. The summed E-state index contributed by atoms with van der Waals surface area (Å²) in [5.41, 5.74) is 1.68. The van der Waals surface area contributed by atoms with Crippen molar-refractivity contribution in [3.63, 3.8) is 0 Å². The summed E-state index contributed by atoms with van der Waals surface area (Å²) in [4.78, 5) is 0.0640. The van der Waals surface area contributed by atoms with Gasteiger partial charge in [-0.2, -0.15) is 0 Å². The fourth-order valence-corrected chi connectivity index (χ4v) is 3.75. The van der Waals surface area contributed by atoms with Gasteiger partial charge in [0.1, 0.15) is 0 Å². The van der Waals surface area contributed by atoms with Crippen LogP contribution in [0.25, 0.3) is 17.1 Å². The Bertz CT molecular complexity index is 984. The second-order valence-corrected chi connectivity index (χ2v) is 8.83. The van der Waals surface area contributed by atoms with Crippen molar-refractivity contribution in [3.05, 3.63) is 53.0 Å². The van der Waals surface area contributed by atoms with Gasteiger partial charge in [-0.25, -0.2) is 13.6 Å². The first kappa shape index (κ1) is 18.1. The van der Waals surface area contributed by atoms with Gasteiger partial charge in [0, 0.05) is 15.7 Å². The largest absolute Gasteiger partial charge is 0.270 e. The van der Waals surface area contributed by atoms with E-state index in [2.05, 4.69) is 26.1 Å². The molecule has 1 heterocycles. The Labute approximate surface area is 158 Å². The third kappa shape index (κ3) is 3.95. The van der Waals surface area contributed by atoms with Crippen LogP contribution in [-0.2, 0) is 10.0 Å². The standard InChI is InChI=1S/C16H15BrN4O2S2/c1-2-24-16-20-19-15(21(16)13-7-5-12(17)6-8-13)11-3-9-14(10-4-11)25(18,22)23/h3-10H,2H2,1H3,(H2,18,22,23). The number of halogens is 1. The number of benzene rings is 2. The normalized spacial score (nSPS) is 11.6. The van der Waals surface area contributed by atoms with Crippen molar-refractivity contribution < 1.29 is 8.42 Å². The van der Waals surface area contributed by atoms with Crippen molar-refractivity contribution in [2.45, 2.75) is 17.0 Å². The maximum absolute atomic E-state index is 11.4. The average Bonchev–Trinajstić information content (AvgIpc) is 2.99. The lowest BCUT2D eigenvalue weighted by Gasteiger charge is -2.10. The van der Waals surface area contributed by atoms with Crippen LogP contribution in [0.1, 0.15) is 6.92 Å². The first-order valence-corrected chi connectivity index (χ1v) is 10.7. The molecule has 2 N–H and O–H groups in total. The van der Waals surface area contributed by atoms with Crippen LogP contribution in [0.2, 0.25) is 0 Å². The maximum Gasteiger partial charge on any atom is 0.238 e. The summed E-state index contributed by atoms with van der Waals surface area (Å²) in [6.07, 6.45) is 0. The first-order valence-electron chi connectivity index (χ1n) is 7.37. The van der Waals surface area contributed by atoms with Crippen molar-refractivity contribution in [2.24, 2.45) is 5.14 Å². The predicted molar refractivity (Wildman–Crippen MR) is 102 cm³/mol. The lowest BCUT2D eigenvalue weighted by Crippen LogP contribution is -2.11. The molecule has 130 valence electrons. The van der Waals surface area contributed by atoms with E-state index in [1.807, 2.05) is 35.8 Å². The number of primary sulfonamides is 1. The molecule has 0 saturated carbocycles. The molecule has 0 saturated heterocycles. The number of thioether (sulfide) groups is 1. The van der Waals surface area contributed by atoms with E-state index in [9.17, 15) is 8.42 Å². The zero-order valence-electron chi connectivity index (χ0n) is 13.3. The maximum atomic E-state index is 11.4. The summed E-state index contributed by atoms with van der Waals surface area (Å²) in [6, 6.07) is 14.1. The fourth-order valence-electron chi connectivity index (χ4n) is 2.30. The number of rotatable bonds is 5. The lowest BCUT2D eigenvalue weighted by atomic mass is 10.2. The highest BCUT2D eigenvalue weighted by atomic mass is 79.9. The third-order valence-corrected chi connectivity index (χ3v) is 5.70. The number of sulfonamides is 1. The van der Waals surface area contributed by atoms with E-state index < -0.39 is 10.0 Å². The summed E-state index contributed by atoms with van der Waals surface area (Å²) < 4.78 is 25.8. The quantitative estimate of drug-likeness (QED) is 0.615. The minimum Gasteiger partial charge on any atom is -0.270 e. The van der Waals surface area contributed by atoms with Crippen molar-refractivity contribution in [3.8, 4) is 17.1 Å². The SMILES string of the molecule is CCSc1nnc(-c2ccc(S(N)(=O)=O)cc2)n1-c1ccc(Br)cc1. The Balaban J connectivity index is 2.12. The zero-order valence-corrected chi connectivity index (χ0v) is 16.5. The van der Waals surface area contributed by atoms with Crippen LogP contribution in [-0.4, -0.2) is 28.9 Å². The van der Waals surface area contributed by atoms with Gasteiger partial charge in [-0.15, -0.1) is 10.2 Å². The molecule has 9 heteroatoms. The number of nitrogens with zero attached hydrogens (tertiary/aromatic N) is 3. The summed E-state index contributed by atoms with van der Waals surface area (Å²) in [7, 11) is -3.72. The highest BCUT2D eigenvalue weighted by Gasteiger charge is 2.16. The van der Waals surface area contributed by atoms with Crippen molar-refractivity contribution >= 4 is 37.7 Å². The lowest BCUT2D eigenvalue weighted by molar-refractivity contribution is 0.598. The van der Waals surface area contributed by atoms with Gasteiger partial charge in [0.15, 0.2) is 11.0 Å². The number of hydrogen-bond donors (Lipinski definition) is 1. The molecular weight excluding hydrogens is 424 g/mol. The Morgan fingerprint density at radius 2 is 1.72 bits per heavy atom. The van der Waals surface area contributed by atoms with Gasteiger partial charge >= 0.3 is 0 Å². The molecule has 1 aromatic heterocycles. The van der Waals surface area contributed by atoms with Gasteiger partial charge in [-0.3, -0.25) is 4.57 Å². The van der Waals surface area contributed by atoms with Gasteiger partial charge in [0.05, 0.1) is 4.90 Å². The number of hydrogen-bond acceptors (Lipinski definition) is 5. The summed E-state index contributed by atoms with van der Waals surface area (Å²) in [5.74, 6) is 1.50. The zero-order chi connectivity index (χ0) is 18.0. The molecule has 25 heavy (non-hydrogen) atoms. The van der Waals surface area contributed by atoms with E-state index in [0.29, 0.717) is 5.82 Å². The van der Waals surface area contributed by atoms with Gasteiger partial charge in [-0.1, -0.05) is 34.6 Å². The van der Waals surface area contributed by atoms with E-state index >= 15 is 0 Å². The Morgan fingerprint density at radius 3 is 2.28 bits per heavy atom. The monoisotopic (exact) mass is 438 g/mol. The molecule has 0 bridgehead atoms. The van der Waals surface area contributed by atoms with Crippen LogP contribution in [0.5, 0.6) is 0 Å². The molecule has 0 unspecified atom stereocenters. The van der Waals surface area contributed by atoms with Crippen LogP contribution >= 0.6 is 27.7 Å². The fraction of sp³-hybridized carbons (Fsp3) is 0.125. The highest BCUT2D eigenvalue weighted by molar-refractivity contribution is 9.10. The molecule has 0 aliphatic rings. The minimum atomic E-state index is -3.72. The average molecular weight is 439 g/mol. The van der Waals surface area contributed by atoms with Crippen LogP contribution in [0.3, 0.4) is 0 Å². The van der Waals surface area contributed by atoms with E-state index in [1.54, 1.807) is 23.9 Å². The molecule has 0 atom stereocenters. The molecular formula is C16H15BrN4O2S2. The summed E-state index contributed by atoms with van der Waals surface area (Å²) >= 11 is 5.02. The van der Waals surface area contributed by atoms with E-state index in [0.717, 1.165) is 26.6 Å². The molecule has 0 aliphatic heterocycles. The minimum absolute atomic E-state index is 0.0640. The van der Waals surface area contributed by atoms with Crippen molar-refractivity contribution in [1.29, 1.82) is 0 Å². The van der Waals surface area contributed by atoms with E-state index in [-0.39, 0.29) is 4.90 Å². The molecule has 0 radical (unpaired) electrons. The van der Waals surface area contributed by atoms with Crippen LogP contribution in [0, 0.1) is 0 Å². The third-order valence-electron chi connectivity index (χ3n) is 3.43. The predicted octanol–water partition coefficient (Wildman–Crippen LogP) is 3.46. The van der Waals surface area contributed by atoms with Gasteiger partial charge in [0.2, 0.25) is 10.0 Å². The van der Waals surface area contributed by atoms with Crippen LogP contribution < -0.4 is 5.14 Å². The number of aromatic nitrogens is 3. The Kier molecular flexibility index (Phi) is 5.28. The Hall–Kier alpha value is -1.68. The van der Waals surface area contributed by atoms with Crippen LogP contribution in [0.15, 0.2) is 63.1 Å². The molecule has 0 aliphatic carbocycles. The molecule has 6 nitrogen and oxygen atoms in total. The smallest absolute Gasteiger partial charge is 0.238 e. The number of nitrogens with two attached hydrogens (primary N) is 1. The molecule has 0 spiro atoms. The van der Waals surface area contributed by atoms with Crippen molar-refractivity contribution in [1.82, 2.24) is 14.8 Å². The van der Waals surface area contributed by atoms with Crippen molar-refractivity contribution in [2.75, 3.05) is 5.75 Å². The summed E-state index contributed by atoms with van der Waals surface area (Å²) in [5, 5.41) is 14.5. The first-order chi connectivity index (χ1) is 11.9. The Morgan fingerprint density at radius 1 is 1.08 bits per heavy atom. The molecule has 3 rings (SSSR count). The van der Waals surface area contributed by atoms with Gasteiger partial charge < -0.3 is 0 Å². The van der Waals surface area contributed by atoms with Gasteiger partial charge in [-0.05, 0) is 54.3 Å². The molecule has 2 aromatic carbocycles. The van der Waals surface area contributed by atoms with Gasteiger partial charge in [0.25, 0.3) is 0 Å². The van der Waals surface area contributed by atoms with Crippen LogP contribution in [0.4, 0.5) is 0 Å². The van der Waals surface area contributed by atoms with E-state index in [4.69, 9.17) is 5.14 Å². The summed E-state index contributed by atoms with van der Waals surface area (Å²) in [6.45, 7) is 2.05. The van der Waals surface area contributed by atoms with E-state index in [1.165, 1.54) is 12.1 Å².